The fourth-order valence-corrected chi connectivity index (χ4v) is 3.87. The summed E-state index contributed by atoms with van der Waals surface area (Å²) in [5.41, 5.74) is -0.620. The van der Waals surface area contributed by atoms with E-state index in [-0.39, 0.29) is 36.2 Å². The normalized spacial score (nSPS) is 12.5. The molecule has 0 aliphatic carbocycles. The molecule has 2 amide bonds. The van der Waals surface area contributed by atoms with Gasteiger partial charge in [-0.2, -0.15) is 0 Å². The quantitative estimate of drug-likeness (QED) is 0.654. The van der Waals surface area contributed by atoms with Crippen LogP contribution in [0.3, 0.4) is 0 Å². The zero-order valence-electron chi connectivity index (χ0n) is 17.0. The molecule has 1 aromatic rings. The van der Waals surface area contributed by atoms with E-state index < -0.39 is 21.0 Å². The van der Waals surface area contributed by atoms with Gasteiger partial charge in [-0.05, 0) is 32.4 Å². The van der Waals surface area contributed by atoms with Crippen LogP contribution in [0.2, 0.25) is 0 Å². The Morgan fingerprint density at radius 3 is 2.11 bits per heavy atom. The van der Waals surface area contributed by atoms with E-state index in [0.29, 0.717) is 5.56 Å². The van der Waals surface area contributed by atoms with E-state index in [1.807, 2.05) is 0 Å². The number of carbonyl (C=O) groups excluding carboxylic acids is 2. The van der Waals surface area contributed by atoms with Crippen molar-refractivity contribution in [3.8, 4) is 0 Å². The molecule has 0 saturated heterocycles. The third kappa shape index (κ3) is 8.09. The second-order valence-corrected chi connectivity index (χ2v) is 10.1. The van der Waals surface area contributed by atoms with Crippen molar-refractivity contribution in [2.24, 2.45) is 5.41 Å². The van der Waals surface area contributed by atoms with Gasteiger partial charge in [0.25, 0.3) is 0 Å². The van der Waals surface area contributed by atoms with Crippen LogP contribution >= 0.6 is 0 Å². The third-order valence-electron chi connectivity index (χ3n) is 3.50. The van der Waals surface area contributed by atoms with Gasteiger partial charge in [-0.3, -0.25) is 9.59 Å². The molecule has 152 valence electrons. The fraction of sp³-hybridized carbons (Fsp3) is 0.579. The zero-order chi connectivity index (χ0) is 20.9. The molecule has 0 radical (unpaired) electrons. The largest absolute Gasteiger partial charge is 0.355 e. The standard InChI is InChI=1S/C19H31N3O4S/c1-18(2,3)17(24)20-12-11-16(23)21-13-14-9-7-8-10-15(14)27(25,26)22-19(4,5)6/h7-10,22H,11-13H2,1-6H3,(H,20,24)(H,21,23). The summed E-state index contributed by atoms with van der Waals surface area (Å²) in [7, 11) is -3.70. The van der Waals surface area contributed by atoms with Gasteiger partial charge in [-0.15, -0.1) is 0 Å². The van der Waals surface area contributed by atoms with Gasteiger partial charge >= 0.3 is 0 Å². The Morgan fingerprint density at radius 2 is 1.56 bits per heavy atom. The van der Waals surface area contributed by atoms with Gasteiger partial charge in [0, 0.05) is 30.5 Å². The average Bonchev–Trinajstić information content (AvgIpc) is 2.50. The van der Waals surface area contributed by atoms with Crippen molar-refractivity contribution in [1.29, 1.82) is 0 Å². The van der Waals surface area contributed by atoms with E-state index in [2.05, 4.69) is 15.4 Å². The molecular weight excluding hydrogens is 366 g/mol. The summed E-state index contributed by atoms with van der Waals surface area (Å²) < 4.78 is 27.8. The van der Waals surface area contributed by atoms with Crippen LogP contribution < -0.4 is 15.4 Å². The van der Waals surface area contributed by atoms with Crippen LogP contribution in [-0.4, -0.2) is 32.3 Å². The van der Waals surface area contributed by atoms with Gasteiger partial charge in [-0.25, -0.2) is 13.1 Å². The minimum atomic E-state index is -3.70. The number of nitrogens with one attached hydrogen (secondary N) is 3. The number of amides is 2. The van der Waals surface area contributed by atoms with Crippen LogP contribution in [0, 0.1) is 5.41 Å². The lowest BCUT2D eigenvalue weighted by Crippen LogP contribution is -2.41. The lowest BCUT2D eigenvalue weighted by molar-refractivity contribution is -0.128. The van der Waals surface area contributed by atoms with Crippen LogP contribution in [0.1, 0.15) is 53.5 Å². The molecule has 0 fully saturated rings. The zero-order valence-corrected chi connectivity index (χ0v) is 17.8. The van der Waals surface area contributed by atoms with Gasteiger partial charge in [-0.1, -0.05) is 39.0 Å². The number of sulfonamides is 1. The fourth-order valence-electron chi connectivity index (χ4n) is 2.21. The summed E-state index contributed by atoms with van der Waals surface area (Å²) in [4.78, 5) is 23.9. The van der Waals surface area contributed by atoms with E-state index in [4.69, 9.17) is 0 Å². The maximum Gasteiger partial charge on any atom is 0.241 e. The van der Waals surface area contributed by atoms with Crippen molar-refractivity contribution in [3.05, 3.63) is 29.8 Å². The van der Waals surface area contributed by atoms with Crippen molar-refractivity contribution in [2.75, 3.05) is 6.54 Å². The van der Waals surface area contributed by atoms with Crippen LogP contribution in [0.15, 0.2) is 29.2 Å². The molecule has 0 aliphatic rings. The van der Waals surface area contributed by atoms with Crippen molar-refractivity contribution in [1.82, 2.24) is 15.4 Å². The van der Waals surface area contributed by atoms with E-state index in [1.54, 1.807) is 59.7 Å². The predicted molar refractivity (Wildman–Crippen MR) is 105 cm³/mol. The van der Waals surface area contributed by atoms with Crippen molar-refractivity contribution in [3.63, 3.8) is 0 Å². The molecule has 3 N–H and O–H groups in total. The SMILES string of the molecule is CC(C)(C)NS(=O)(=O)c1ccccc1CNC(=O)CCNC(=O)C(C)(C)C. The maximum absolute atomic E-state index is 12.6. The molecule has 0 atom stereocenters. The summed E-state index contributed by atoms with van der Waals surface area (Å²) in [5, 5.41) is 5.41. The van der Waals surface area contributed by atoms with Crippen LogP contribution in [0.5, 0.6) is 0 Å². The van der Waals surface area contributed by atoms with Crippen LogP contribution in [0.4, 0.5) is 0 Å². The molecule has 1 aromatic carbocycles. The van der Waals surface area contributed by atoms with Gasteiger partial charge < -0.3 is 10.6 Å². The highest BCUT2D eigenvalue weighted by Gasteiger charge is 2.24. The second kappa shape index (κ2) is 8.84. The third-order valence-corrected chi connectivity index (χ3v) is 5.36. The topological polar surface area (TPSA) is 104 Å². The second-order valence-electron chi connectivity index (χ2n) is 8.50. The van der Waals surface area contributed by atoms with Crippen molar-refractivity contribution in [2.45, 2.75) is 64.9 Å². The maximum atomic E-state index is 12.6. The Kier molecular flexibility index (Phi) is 7.57. The first kappa shape index (κ1) is 23.1. The van der Waals surface area contributed by atoms with Gasteiger partial charge in [0.2, 0.25) is 21.8 Å². The average molecular weight is 398 g/mol. The van der Waals surface area contributed by atoms with Gasteiger partial charge in [0.1, 0.15) is 0 Å². The molecule has 8 heteroatoms. The molecule has 0 spiro atoms. The Bertz CT molecular complexity index is 775. The highest BCUT2D eigenvalue weighted by atomic mass is 32.2. The Hall–Kier alpha value is -1.93. The molecule has 7 nitrogen and oxygen atoms in total. The number of rotatable bonds is 7. The summed E-state index contributed by atoms with van der Waals surface area (Å²) in [6.45, 7) is 11.0. The highest BCUT2D eigenvalue weighted by Crippen LogP contribution is 2.17. The smallest absolute Gasteiger partial charge is 0.241 e. The lowest BCUT2D eigenvalue weighted by Gasteiger charge is -2.21. The van der Waals surface area contributed by atoms with Crippen LogP contribution in [0.25, 0.3) is 0 Å². The summed E-state index contributed by atoms with van der Waals surface area (Å²) >= 11 is 0. The summed E-state index contributed by atoms with van der Waals surface area (Å²) in [6, 6.07) is 6.55. The number of carbonyl (C=O) groups is 2. The predicted octanol–water partition coefficient (Wildman–Crippen LogP) is 1.93. The van der Waals surface area contributed by atoms with E-state index >= 15 is 0 Å². The molecule has 0 aliphatic heterocycles. The molecule has 1 rings (SSSR count). The van der Waals surface area contributed by atoms with E-state index in [0.717, 1.165) is 0 Å². The highest BCUT2D eigenvalue weighted by molar-refractivity contribution is 7.89. The number of hydrogen-bond donors (Lipinski definition) is 3. The molecule has 0 unspecified atom stereocenters. The summed E-state index contributed by atoms with van der Waals surface area (Å²) in [5.74, 6) is -0.389. The molecule has 27 heavy (non-hydrogen) atoms. The Morgan fingerprint density at radius 1 is 0.963 bits per heavy atom. The Balaban J connectivity index is 2.68. The number of benzene rings is 1. The molecule has 0 bridgehead atoms. The van der Waals surface area contributed by atoms with Gasteiger partial charge in [0.15, 0.2) is 0 Å². The first-order chi connectivity index (χ1) is 12.2. The first-order valence-electron chi connectivity index (χ1n) is 8.89. The van der Waals surface area contributed by atoms with E-state index in [1.165, 1.54) is 6.07 Å². The monoisotopic (exact) mass is 397 g/mol. The van der Waals surface area contributed by atoms with Crippen LogP contribution in [-0.2, 0) is 26.2 Å². The summed E-state index contributed by atoms with van der Waals surface area (Å²) in [6.07, 6.45) is 0.122. The number of hydrogen-bond acceptors (Lipinski definition) is 4. The molecular formula is C19H31N3O4S. The van der Waals surface area contributed by atoms with E-state index in [9.17, 15) is 18.0 Å². The minimum Gasteiger partial charge on any atom is -0.355 e. The lowest BCUT2D eigenvalue weighted by atomic mass is 9.96. The van der Waals surface area contributed by atoms with Crippen molar-refractivity contribution >= 4 is 21.8 Å². The van der Waals surface area contributed by atoms with Crippen molar-refractivity contribution < 1.29 is 18.0 Å². The Labute approximate surface area is 162 Å². The molecule has 0 saturated carbocycles. The first-order valence-corrected chi connectivity index (χ1v) is 10.4. The molecule has 0 heterocycles. The minimum absolute atomic E-state index is 0.0906. The van der Waals surface area contributed by atoms with Gasteiger partial charge in [0.05, 0.1) is 4.90 Å². The molecule has 0 aromatic heterocycles.